The minimum absolute atomic E-state index is 0.297. The Morgan fingerprint density at radius 3 is 2.62 bits per heavy atom. The van der Waals surface area contributed by atoms with Crippen molar-refractivity contribution >= 4 is 23.4 Å². The molecule has 0 saturated heterocycles. The number of carboxylic acids is 1. The monoisotopic (exact) mass is 255 g/mol. The van der Waals surface area contributed by atoms with Gasteiger partial charge in [-0.2, -0.15) is 13.2 Å². The van der Waals surface area contributed by atoms with E-state index in [0.29, 0.717) is 6.07 Å². The maximum atomic E-state index is 12.3. The first kappa shape index (κ1) is 12.5. The second-order valence-electron chi connectivity index (χ2n) is 2.65. The number of alkyl halides is 3. The van der Waals surface area contributed by atoms with Crippen LogP contribution in [0.15, 0.2) is 6.07 Å². The molecule has 0 unspecified atom stereocenters. The van der Waals surface area contributed by atoms with Crippen LogP contribution in [0.5, 0.6) is 0 Å². The van der Waals surface area contributed by atoms with Crippen LogP contribution in [0.3, 0.4) is 0 Å². The number of hydrogen-bond acceptors (Lipinski definition) is 4. The third-order valence-electron chi connectivity index (χ3n) is 1.41. The van der Waals surface area contributed by atoms with E-state index in [9.17, 15) is 18.0 Å². The number of nitrogens with one attached hydrogen (secondary N) is 1. The van der Waals surface area contributed by atoms with Gasteiger partial charge in [0.2, 0.25) is 5.28 Å². The molecule has 16 heavy (non-hydrogen) atoms. The SMILES string of the molecule is O=C(O)CNc1cc(C(F)(F)F)nc(Cl)n1. The van der Waals surface area contributed by atoms with Gasteiger partial charge in [0.25, 0.3) is 0 Å². The Balaban J connectivity index is 2.94. The van der Waals surface area contributed by atoms with Gasteiger partial charge in [-0.3, -0.25) is 4.79 Å². The first-order valence-corrected chi connectivity index (χ1v) is 4.24. The molecule has 1 aromatic heterocycles. The highest BCUT2D eigenvalue weighted by Crippen LogP contribution is 2.29. The van der Waals surface area contributed by atoms with Crippen molar-refractivity contribution in [3.63, 3.8) is 0 Å². The zero-order chi connectivity index (χ0) is 12.3. The third-order valence-corrected chi connectivity index (χ3v) is 1.58. The van der Waals surface area contributed by atoms with Gasteiger partial charge in [-0.1, -0.05) is 0 Å². The average Bonchev–Trinajstić information content (AvgIpc) is 2.12. The molecule has 0 aromatic carbocycles. The van der Waals surface area contributed by atoms with Crippen molar-refractivity contribution in [3.05, 3.63) is 17.0 Å². The molecule has 0 spiro atoms. The summed E-state index contributed by atoms with van der Waals surface area (Å²) in [6.07, 6.45) is -4.66. The second kappa shape index (κ2) is 4.52. The van der Waals surface area contributed by atoms with Crippen molar-refractivity contribution in [2.24, 2.45) is 0 Å². The van der Waals surface area contributed by atoms with Crippen molar-refractivity contribution in [1.82, 2.24) is 9.97 Å². The van der Waals surface area contributed by atoms with Crippen LogP contribution in [0.1, 0.15) is 5.69 Å². The quantitative estimate of drug-likeness (QED) is 0.803. The molecule has 0 bridgehead atoms. The van der Waals surface area contributed by atoms with Gasteiger partial charge in [0, 0.05) is 6.07 Å². The lowest BCUT2D eigenvalue weighted by Crippen LogP contribution is -2.15. The molecular weight excluding hydrogens is 251 g/mol. The van der Waals surface area contributed by atoms with E-state index in [2.05, 4.69) is 15.3 Å². The van der Waals surface area contributed by atoms with Gasteiger partial charge in [-0.25, -0.2) is 9.97 Å². The molecule has 0 amide bonds. The van der Waals surface area contributed by atoms with E-state index >= 15 is 0 Å². The molecule has 88 valence electrons. The molecule has 1 aromatic rings. The zero-order valence-corrected chi connectivity index (χ0v) is 8.30. The number of nitrogens with zero attached hydrogens (tertiary/aromatic N) is 2. The second-order valence-corrected chi connectivity index (χ2v) is 2.99. The molecule has 2 N–H and O–H groups in total. The first-order chi connectivity index (χ1) is 7.29. The topological polar surface area (TPSA) is 75.1 Å². The van der Waals surface area contributed by atoms with Crippen LogP contribution < -0.4 is 5.32 Å². The van der Waals surface area contributed by atoms with E-state index in [1.807, 2.05) is 0 Å². The van der Waals surface area contributed by atoms with Gasteiger partial charge < -0.3 is 10.4 Å². The summed E-state index contributed by atoms with van der Waals surface area (Å²) in [4.78, 5) is 16.6. The van der Waals surface area contributed by atoms with E-state index in [4.69, 9.17) is 16.7 Å². The average molecular weight is 256 g/mol. The Morgan fingerprint density at radius 2 is 2.12 bits per heavy atom. The summed E-state index contributed by atoms with van der Waals surface area (Å²) in [5.74, 6) is -1.53. The Hall–Kier alpha value is -1.57. The minimum atomic E-state index is -4.66. The highest BCUT2D eigenvalue weighted by molar-refractivity contribution is 6.28. The van der Waals surface area contributed by atoms with E-state index in [0.717, 1.165) is 0 Å². The number of hydrogen-bond donors (Lipinski definition) is 2. The molecule has 1 rings (SSSR count). The number of rotatable bonds is 3. The Labute approximate surface area is 92.3 Å². The molecule has 0 atom stereocenters. The van der Waals surface area contributed by atoms with Crippen LogP contribution in [0.25, 0.3) is 0 Å². The van der Waals surface area contributed by atoms with Crippen molar-refractivity contribution < 1.29 is 23.1 Å². The van der Waals surface area contributed by atoms with Crippen molar-refractivity contribution in [3.8, 4) is 0 Å². The standard InChI is InChI=1S/C7H5ClF3N3O2/c8-6-13-3(7(9,10)11)1-4(14-6)12-2-5(15)16/h1H,2H2,(H,15,16)(H,12,13,14). The number of carbonyl (C=O) groups is 1. The molecule has 0 saturated carbocycles. The smallest absolute Gasteiger partial charge is 0.433 e. The van der Waals surface area contributed by atoms with Crippen molar-refractivity contribution in [2.75, 3.05) is 11.9 Å². The Kier molecular flexibility index (Phi) is 3.53. The lowest BCUT2D eigenvalue weighted by atomic mass is 10.4. The number of halogens is 4. The molecule has 9 heteroatoms. The van der Waals surface area contributed by atoms with Crippen molar-refractivity contribution in [1.29, 1.82) is 0 Å². The fraction of sp³-hybridized carbons (Fsp3) is 0.286. The normalized spacial score (nSPS) is 11.2. The highest BCUT2D eigenvalue weighted by Gasteiger charge is 2.33. The molecular formula is C7H5ClF3N3O2. The summed E-state index contributed by atoms with van der Waals surface area (Å²) in [5.41, 5.74) is -1.24. The van der Waals surface area contributed by atoms with Crippen LogP contribution in [0.4, 0.5) is 19.0 Å². The number of anilines is 1. The summed E-state index contributed by atoms with van der Waals surface area (Å²) in [6.45, 7) is -0.565. The number of carboxylic acid groups (broad SMARTS) is 1. The van der Waals surface area contributed by atoms with Crippen LogP contribution in [-0.2, 0) is 11.0 Å². The number of aromatic nitrogens is 2. The van der Waals surface area contributed by atoms with Crippen molar-refractivity contribution in [2.45, 2.75) is 6.18 Å². The fourth-order valence-electron chi connectivity index (χ4n) is 0.820. The van der Waals surface area contributed by atoms with Gasteiger partial charge >= 0.3 is 12.1 Å². The predicted molar refractivity (Wildman–Crippen MR) is 48.2 cm³/mol. The van der Waals surface area contributed by atoms with E-state index < -0.39 is 29.7 Å². The van der Waals surface area contributed by atoms with Gasteiger partial charge in [0.1, 0.15) is 12.4 Å². The largest absolute Gasteiger partial charge is 0.480 e. The molecule has 5 nitrogen and oxygen atoms in total. The summed E-state index contributed by atoms with van der Waals surface area (Å²) < 4.78 is 36.8. The third kappa shape index (κ3) is 3.54. The minimum Gasteiger partial charge on any atom is -0.480 e. The number of aliphatic carboxylic acids is 1. The Bertz CT molecular complexity index is 410. The van der Waals surface area contributed by atoms with Gasteiger partial charge in [0.15, 0.2) is 5.69 Å². The summed E-state index contributed by atoms with van der Waals surface area (Å²) in [7, 11) is 0. The maximum absolute atomic E-state index is 12.3. The van der Waals surface area contributed by atoms with Crippen LogP contribution in [0, 0.1) is 0 Å². The summed E-state index contributed by atoms with van der Waals surface area (Å²) in [6, 6.07) is 0.578. The van der Waals surface area contributed by atoms with Gasteiger partial charge in [-0.05, 0) is 11.6 Å². The molecule has 0 fully saturated rings. The highest BCUT2D eigenvalue weighted by atomic mass is 35.5. The first-order valence-electron chi connectivity index (χ1n) is 3.86. The van der Waals surface area contributed by atoms with E-state index in [-0.39, 0.29) is 5.82 Å². The summed E-state index contributed by atoms with van der Waals surface area (Å²) in [5, 5.41) is 9.87. The lowest BCUT2D eigenvalue weighted by Gasteiger charge is -2.08. The molecule has 1 heterocycles. The lowest BCUT2D eigenvalue weighted by molar-refractivity contribution is -0.141. The zero-order valence-electron chi connectivity index (χ0n) is 7.55. The molecule has 0 aliphatic heterocycles. The van der Waals surface area contributed by atoms with E-state index in [1.165, 1.54) is 0 Å². The van der Waals surface area contributed by atoms with Crippen LogP contribution >= 0.6 is 11.6 Å². The van der Waals surface area contributed by atoms with Crippen LogP contribution in [0.2, 0.25) is 5.28 Å². The Morgan fingerprint density at radius 1 is 1.50 bits per heavy atom. The maximum Gasteiger partial charge on any atom is 0.433 e. The fourth-order valence-corrected chi connectivity index (χ4v) is 1.00. The summed E-state index contributed by atoms with van der Waals surface area (Å²) >= 11 is 5.26. The molecule has 0 aliphatic carbocycles. The molecule has 0 aliphatic rings. The molecule has 0 radical (unpaired) electrons. The van der Waals surface area contributed by atoms with Crippen LogP contribution in [-0.4, -0.2) is 27.6 Å². The van der Waals surface area contributed by atoms with E-state index in [1.54, 1.807) is 0 Å². The van der Waals surface area contributed by atoms with Gasteiger partial charge in [0.05, 0.1) is 0 Å². The van der Waals surface area contributed by atoms with Gasteiger partial charge in [-0.15, -0.1) is 0 Å². The predicted octanol–water partition coefficient (Wildman–Crippen LogP) is 1.65.